The molecule has 0 aliphatic carbocycles. The van der Waals surface area contributed by atoms with E-state index in [1.807, 2.05) is 85.7 Å². The van der Waals surface area contributed by atoms with E-state index in [1.54, 1.807) is 62.3 Å². The number of methoxy groups -OCH3 is 2. The summed E-state index contributed by atoms with van der Waals surface area (Å²) in [6, 6.07) is 14.3. The first kappa shape index (κ1) is 62.4. The summed E-state index contributed by atoms with van der Waals surface area (Å²) in [5.74, 6) is -3.01. The monoisotopic (exact) mass is 1010 g/mol. The van der Waals surface area contributed by atoms with Gasteiger partial charge in [0, 0.05) is 65.2 Å². The molecular weight excluding hydrogens is 925 g/mol. The highest BCUT2D eigenvalue weighted by molar-refractivity contribution is 5.92. The Hall–Kier alpha value is -5.74. The summed E-state index contributed by atoms with van der Waals surface area (Å²) in [6.07, 6.45) is -0.269. The zero-order valence-electron chi connectivity index (χ0n) is 44.8. The van der Waals surface area contributed by atoms with Crippen LogP contribution in [0.15, 0.2) is 67.3 Å². The molecule has 0 bridgehead atoms. The lowest BCUT2D eigenvalue weighted by molar-refractivity contribution is -0.191. The third kappa shape index (κ3) is 17.8. The largest absolute Gasteiger partial charge is 0.445 e. The van der Waals surface area contributed by atoms with Crippen molar-refractivity contribution in [2.75, 3.05) is 46.8 Å². The molecule has 2 aromatic rings. The van der Waals surface area contributed by atoms with Gasteiger partial charge in [-0.1, -0.05) is 117 Å². The zero-order valence-corrected chi connectivity index (χ0v) is 44.8. The molecule has 11 atom stereocenters. The number of ether oxygens (including phenoxy) is 4. The molecule has 1 aliphatic rings. The van der Waals surface area contributed by atoms with Crippen LogP contribution in [-0.2, 0) is 47.7 Å². The molecule has 1 saturated heterocycles. The minimum atomic E-state index is -0.890. The third-order valence-electron chi connectivity index (χ3n) is 14.0. The average Bonchev–Trinajstić information content (AvgIpc) is 3.84. The lowest BCUT2D eigenvalue weighted by Gasteiger charge is -2.41. The number of carbonyl (C=O) groups is 6. The van der Waals surface area contributed by atoms with Gasteiger partial charge in [0.25, 0.3) is 0 Å². The maximum absolute atomic E-state index is 14.7. The van der Waals surface area contributed by atoms with Gasteiger partial charge in [-0.2, -0.15) is 9.59 Å². The van der Waals surface area contributed by atoms with Crippen LogP contribution in [0.3, 0.4) is 0 Å². The molecule has 0 saturated carbocycles. The molecule has 3 rings (SSSR count). The maximum Gasteiger partial charge on any atom is 0.411 e. The van der Waals surface area contributed by atoms with E-state index in [2.05, 4.69) is 11.9 Å². The van der Waals surface area contributed by atoms with Gasteiger partial charge in [-0.25, -0.2) is 9.59 Å². The second-order valence-corrected chi connectivity index (χ2v) is 19.7. The van der Waals surface area contributed by atoms with Gasteiger partial charge in [-0.3, -0.25) is 24.5 Å². The predicted octanol–water partition coefficient (Wildman–Crippen LogP) is 8.47. The zero-order chi connectivity index (χ0) is 54.4. The summed E-state index contributed by atoms with van der Waals surface area (Å²) >= 11 is 0. The number of carbonyl (C=O) groups excluding carboxylic acids is 8. The Kier molecular flexibility index (Phi) is 26.8. The number of anilines is 1. The lowest BCUT2D eigenvalue weighted by atomic mass is 9.83. The third-order valence-corrected chi connectivity index (χ3v) is 14.0. The number of rotatable bonds is 27. The van der Waals surface area contributed by atoms with E-state index >= 15 is 0 Å². The fourth-order valence-corrected chi connectivity index (χ4v) is 9.72. The summed E-state index contributed by atoms with van der Waals surface area (Å²) in [6.45, 7) is 21.0. The average molecular weight is 1010 g/mol. The van der Waals surface area contributed by atoms with Crippen LogP contribution in [0.25, 0.3) is 0 Å². The first-order chi connectivity index (χ1) is 34.0. The van der Waals surface area contributed by atoms with Gasteiger partial charge in [0.2, 0.25) is 11.8 Å². The lowest BCUT2D eigenvalue weighted by Crippen LogP contribution is -2.54. The van der Waals surface area contributed by atoms with Crippen LogP contribution < -0.4 is 5.32 Å². The molecule has 1 heterocycles. The van der Waals surface area contributed by atoms with Crippen LogP contribution in [0.4, 0.5) is 15.3 Å². The summed E-state index contributed by atoms with van der Waals surface area (Å²) in [5.41, 5.74) is 1.91. The predicted molar refractivity (Wildman–Crippen MR) is 272 cm³/mol. The molecule has 17 nitrogen and oxygen atoms in total. The Morgan fingerprint density at radius 1 is 0.819 bits per heavy atom. The van der Waals surface area contributed by atoms with Gasteiger partial charge in [-0.15, -0.1) is 0 Å². The number of hydrogen-bond acceptors (Lipinski definition) is 13. The van der Waals surface area contributed by atoms with E-state index < -0.39 is 60.5 Å². The van der Waals surface area contributed by atoms with Crippen LogP contribution in [-0.4, -0.2) is 133 Å². The van der Waals surface area contributed by atoms with Gasteiger partial charge in [0.15, 0.2) is 5.78 Å². The van der Waals surface area contributed by atoms with Crippen LogP contribution in [0.2, 0.25) is 0 Å². The molecule has 400 valence electrons. The van der Waals surface area contributed by atoms with Gasteiger partial charge < -0.3 is 38.8 Å². The van der Waals surface area contributed by atoms with Gasteiger partial charge in [-0.05, 0) is 66.7 Å². The smallest absolute Gasteiger partial charge is 0.411 e. The SMILES string of the molecule is C=CCOC(=O)Nc1ccc(C(C)OC(=O)N(C)[C@H](C(=O)CC(C(=O)N(C)[C@@H]([C@@H](C)CC)[C@@H](CC(=O)N2CCC[C@H]2[C@H](OC)[C@@H](C)C(=O)C[C@H](C)[C@@H](O)c2ccccc2)OC)C(C)C)C(C)C)cc1.O=C=O. The fourth-order valence-electron chi connectivity index (χ4n) is 9.72. The molecule has 17 heteroatoms. The van der Waals surface area contributed by atoms with Crippen molar-refractivity contribution in [3.63, 3.8) is 0 Å². The van der Waals surface area contributed by atoms with Crippen LogP contribution >= 0.6 is 0 Å². The first-order valence-corrected chi connectivity index (χ1v) is 25.0. The number of amides is 4. The minimum absolute atomic E-state index is 0.0174. The van der Waals surface area contributed by atoms with Gasteiger partial charge in [0.05, 0.1) is 42.9 Å². The van der Waals surface area contributed by atoms with E-state index in [-0.39, 0.29) is 85.1 Å². The van der Waals surface area contributed by atoms with Crippen molar-refractivity contribution in [2.24, 2.45) is 35.5 Å². The summed E-state index contributed by atoms with van der Waals surface area (Å²) in [5, 5.41) is 13.6. The quantitative estimate of drug-likeness (QED) is 0.0805. The Bertz CT molecular complexity index is 2080. The second-order valence-electron chi connectivity index (χ2n) is 19.7. The van der Waals surface area contributed by atoms with Crippen molar-refractivity contribution >= 4 is 47.4 Å². The Morgan fingerprint density at radius 3 is 1.96 bits per heavy atom. The summed E-state index contributed by atoms with van der Waals surface area (Å²) in [4.78, 5) is 104. The topological polar surface area (TPSA) is 215 Å². The number of hydrogen-bond donors (Lipinski definition) is 2. The number of likely N-dealkylation sites (tertiary alicyclic amines) is 1. The molecule has 0 spiro atoms. The molecule has 4 amide bonds. The number of aliphatic hydroxyl groups is 1. The van der Waals surface area contributed by atoms with Crippen molar-refractivity contribution in [2.45, 2.75) is 143 Å². The highest BCUT2D eigenvalue weighted by Crippen LogP contribution is 2.33. The van der Waals surface area contributed by atoms with E-state index in [0.717, 1.165) is 12.0 Å². The normalized spacial score (nSPS) is 17.5. The molecule has 0 radical (unpaired) electrons. The molecule has 2 unspecified atom stereocenters. The highest BCUT2D eigenvalue weighted by atomic mass is 16.6. The van der Waals surface area contributed by atoms with Crippen LogP contribution in [0.5, 0.6) is 0 Å². The molecule has 72 heavy (non-hydrogen) atoms. The number of nitrogens with zero attached hydrogens (tertiary/aromatic N) is 3. The minimum Gasteiger partial charge on any atom is -0.445 e. The summed E-state index contributed by atoms with van der Waals surface area (Å²) in [7, 11) is 6.34. The second kappa shape index (κ2) is 31.0. The number of ketones is 2. The molecular formula is C55H82N4O13. The summed E-state index contributed by atoms with van der Waals surface area (Å²) < 4.78 is 22.9. The fraction of sp³-hybridized carbons (Fsp3) is 0.618. The molecule has 0 aromatic heterocycles. The van der Waals surface area contributed by atoms with Gasteiger partial charge in [0.1, 0.15) is 18.5 Å². The number of nitrogens with one attached hydrogen (secondary N) is 1. The van der Waals surface area contributed by atoms with E-state index in [4.69, 9.17) is 28.5 Å². The van der Waals surface area contributed by atoms with Crippen molar-refractivity contribution in [3.05, 3.63) is 78.4 Å². The molecule has 2 aromatic carbocycles. The molecule has 2 N–H and O–H groups in total. The van der Waals surface area contributed by atoms with E-state index in [1.165, 1.54) is 18.0 Å². The number of Topliss-reactive ketones (excluding diaryl/α,β-unsaturated/α-hetero) is 2. The standard InChI is InChI=1S/C54H82N4O11.CO2/c1-15-29-68-53(64)55-41-26-24-39(25-27-41)38(10)69-54(65)57(12)48(34(5)6)45(60)31-42(33(3)4)52(63)56(11)49(35(7)16-2)46(66-13)32-47(61)58-28-20-23-43(58)51(67-14)37(9)44(59)30-36(8)50(62)40-21-18-17-19-22-40;2-1-3/h15,17-19,21-22,24-27,33-38,42-43,46,48-51,62H,1,16,20,23,28-32H2,2-14H3,(H,55,64);/t35-,36-,37-,38?,42?,43-,46+,48-,49-,50+,51+;/m0./s1. The maximum atomic E-state index is 14.7. The van der Waals surface area contributed by atoms with Crippen molar-refractivity contribution in [3.8, 4) is 0 Å². The number of benzene rings is 2. The molecule has 1 aliphatic heterocycles. The van der Waals surface area contributed by atoms with Gasteiger partial charge >= 0.3 is 18.3 Å². The molecule has 1 fully saturated rings. The Labute approximate surface area is 427 Å². The number of likely N-dealkylation sites (N-methyl/N-ethyl adjacent to an activating group) is 2. The highest BCUT2D eigenvalue weighted by Gasteiger charge is 2.44. The van der Waals surface area contributed by atoms with Crippen molar-refractivity contribution in [1.29, 1.82) is 0 Å². The van der Waals surface area contributed by atoms with Crippen LogP contribution in [0, 0.1) is 35.5 Å². The van der Waals surface area contributed by atoms with Crippen molar-refractivity contribution in [1.82, 2.24) is 14.7 Å². The first-order valence-electron chi connectivity index (χ1n) is 25.0. The Morgan fingerprint density at radius 2 is 1.43 bits per heavy atom. The van der Waals surface area contributed by atoms with Crippen LogP contribution in [0.1, 0.15) is 124 Å². The Balaban J connectivity index is 0.00000577. The van der Waals surface area contributed by atoms with Crippen molar-refractivity contribution < 1.29 is 62.4 Å². The van der Waals surface area contributed by atoms with E-state index in [0.29, 0.717) is 30.6 Å². The number of aliphatic hydroxyl groups excluding tert-OH is 1. The van der Waals surface area contributed by atoms with E-state index in [9.17, 15) is 33.9 Å².